The normalized spacial score (nSPS) is 18.5. The number of imidazole rings is 1. The number of likely N-dealkylation sites (N-methyl/N-ethyl adjacent to an activating group) is 1. The Labute approximate surface area is 220 Å². The van der Waals surface area contributed by atoms with E-state index in [-0.39, 0.29) is 0 Å². The Hall–Kier alpha value is -3.22. The summed E-state index contributed by atoms with van der Waals surface area (Å²) in [6.45, 7) is 9.18. The molecular weight excluding hydrogens is 456 g/mol. The molecule has 192 valence electrons. The van der Waals surface area contributed by atoms with Crippen LogP contribution in [0.3, 0.4) is 0 Å². The fourth-order valence-corrected chi connectivity index (χ4v) is 6.19. The summed E-state index contributed by atoms with van der Waals surface area (Å²) in [5.74, 6) is 1.15. The molecule has 2 aromatic heterocycles. The van der Waals surface area contributed by atoms with Crippen LogP contribution in [0.25, 0.3) is 11.0 Å². The number of hydrogen-bond acceptors (Lipinski definition) is 5. The van der Waals surface area contributed by atoms with Crippen molar-refractivity contribution in [1.29, 1.82) is 0 Å². The SMILES string of the molecule is CCn1c(CN(Cc2ccccc2)C2CCCc3cccnc32)nc2cccc(N3CCN(C)CC3)c21. The average Bonchev–Trinajstić information content (AvgIpc) is 3.30. The van der Waals surface area contributed by atoms with Crippen LogP contribution in [0.5, 0.6) is 0 Å². The van der Waals surface area contributed by atoms with Gasteiger partial charge in [0.05, 0.1) is 35.0 Å². The summed E-state index contributed by atoms with van der Waals surface area (Å²) >= 11 is 0. The van der Waals surface area contributed by atoms with Gasteiger partial charge in [-0.15, -0.1) is 0 Å². The molecular formula is C31H38N6. The maximum Gasteiger partial charge on any atom is 0.124 e. The van der Waals surface area contributed by atoms with Crippen molar-refractivity contribution in [2.24, 2.45) is 0 Å². The van der Waals surface area contributed by atoms with Crippen LogP contribution in [-0.4, -0.2) is 57.6 Å². The molecule has 0 radical (unpaired) electrons. The molecule has 2 aromatic carbocycles. The van der Waals surface area contributed by atoms with Crippen molar-refractivity contribution < 1.29 is 0 Å². The highest BCUT2D eigenvalue weighted by atomic mass is 15.3. The average molecular weight is 495 g/mol. The molecule has 6 rings (SSSR count). The minimum atomic E-state index is 0.298. The number of piperazine rings is 1. The molecule has 4 aromatic rings. The first-order valence-corrected chi connectivity index (χ1v) is 13.8. The van der Waals surface area contributed by atoms with Gasteiger partial charge in [0, 0.05) is 45.5 Å². The molecule has 1 unspecified atom stereocenters. The third kappa shape index (κ3) is 4.88. The van der Waals surface area contributed by atoms with Gasteiger partial charge >= 0.3 is 0 Å². The molecule has 0 saturated carbocycles. The molecule has 6 nitrogen and oxygen atoms in total. The van der Waals surface area contributed by atoms with Gasteiger partial charge in [-0.3, -0.25) is 9.88 Å². The van der Waals surface area contributed by atoms with Crippen LogP contribution in [0.1, 0.15) is 48.5 Å². The van der Waals surface area contributed by atoms with Crippen LogP contribution in [0.4, 0.5) is 5.69 Å². The number of pyridine rings is 1. The molecule has 0 spiro atoms. The third-order valence-corrected chi connectivity index (χ3v) is 8.16. The molecule has 0 N–H and O–H groups in total. The maximum absolute atomic E-state index is 5.25. The molecule has 1 aliphatic heterocycles. The van der Waals surface area contributed by atoms with Gasteiger partial charge < -0.3 is 14.4 Å². The van der Waals surface area contributed by atoms with Crippen LogP contribution < -0.4 is 4.90 Å². The van der Waals surface area contributed by atoms with Crippen molar-refractivity contribution in [3.63, 3.8) is 0 Å². The zero-order chi connectivity index (χ0) is 25.2. The van der Waals surface area contributed by atoms with Gasteiger partial charge in [0.25, 0.3) is 0 Å². The number of para-hydroxylation sites is 1. The van der Waals surface area contributed by atoms with E-state index < -0.39 is 0 Å². The van der Waals surface area contributed by atoms with Gasteiger partial charge in [0.2, 0.25) is 0 Å². The van der Waals surface area contributed by atoms with E-state index in [2.05, 4.69) is 93.9 Å². The number of nitrogens with zero attached hydrogens (tertiary/aromatic N) is 6. The highest BCUT2D eigenvalue weighted by Crippen LogP contribution is 2.36. The maximum atomic E-state index is 5.25. The summed E-state index contributed by atoms with van der Waals surface area (Å²) in [6, 6.07) is 22.2. The fourth-order valence-electron chi connectivity index (χ4n) is 6.19. The van der Waals surface area contributed by atoms with Crippen LogP contribution in [-0.2, 0) is 26.1 Å². The van der Waals surface area contributed by atoms with E-state index in [1.54, 1.807) is 0 Å². The lowest BCUT2D eigenvalue weighted by atomic mass is 9.90. The number of aryl methyl sites for hydroxylation is 2. The van der Waals surface area contributed by atoms with Crippen molar-refractivity contribution in [1.82, 2.24) is 24.3 Å². The van der Waals surface area contributed by atoms with E-state index in [0.29, 0.717) is 6.04 Å². The Morgan fingerprint density at radius 3 is 2.57 bits per heavy atom. The van der Waals surface area contributed by atoms with E-state index in [4.69, 9.17) is 9.97 Å². The molecule has 0 amide bonds. The van der Waals surface area contributed by atoms with Crippen molar-refractivity contribution in [3.8, 4) is 0 Å². The van der Waals surface area contributed by atoms with E-state index in [1.807, 2.05) is 6.20 Å². The van der Waals surface area contributed by atoms with Crippen molar-refractivity contribution in [2.75, 3.05) is 38.1 Å². The zero-order valence-corrected chi connectivity index (χ0v) is 22.2. The number of benzene rings is 2. The van der Waals surface area contributed by atoms with E-state index in [0.717, 1.165) is 70.0 Å². The minimum Gasteiger partial charge on any atom is -0.367 e. The first-order valence-electron chi connectivity index (χ1n) is 13.8. The van der Waals surface area contributed by atoms with Gasteiger partial charge in [0.1, 0.15) is 5.82 Å². The molecule has 1 saturated heterocycles. The third-order valence-electron chi connectivity index (χ3n) is 8.16. The number of rotatable bonds is 7. The molecule has 2 aliphatic rings. The molecule has 1 fully saturated rings. The molecule has 1 aliphatic carbocycles. The van der Waals surface area contributed by atoms with Crippen molar-refractivity contribution in [2.45, 2.75) is 51.9 Å². The van der Waals surface area contributed by atoms with Crippen LogP contribution in [0.15, 0.2) is 66.9 Å². The van der Waals surface area contributed by atoms with Gasteiger partial charge in [-0.25, -0.2) is 4.98 Å². The smallest absolute Gasteiger partial charge is 0.124 e. The van der Waals surface area contributed by atoms with Crippen LogP contribution in [0.2, 0.25) is 0 Å². The largest absolute Gasteiger partial charge is 0.367 e. The second kappa shape index (κ2) is 10.6. The minimum absolute atomic E-state index is 0.298. The predicted molar refractivity (Wildman–Crippen MR) is 151 cm³/mol. The second-order valence-corrected chi connectivity index (χ2v) is 10.6. The lowest BCUT2D eigenvalue weighted by Gasteiger charge is -2.35. The monoisotopic (exact) mass is 494 g/mol. The quantitative estimate of drug-likeness (QED) is 0.350. The summed E-state index contributed by atoms with van der Waals surface area (Å²) < 4.78 is 2.46. The first-order chi connectivity index (χ1) is 18.2. The fraction of sp³-hybridized carbons (Fsp3) is 0.419. The molecule has 37 heavy (non-hydrogen) atoms. The number of fused-ring (bicyclic) bond motifs is 2. The van der Waals surface area contributed by atoms with Gasteiger partial charge in [0.15, 0.2) is 0 Å². The summed E-state index contributed by atoms with van der Waals surface area (Å²) in [7, 11) is 2.21. The lowest BCUT2D eigenvalue weighted by Crippen LogP contribution is -2.44. The van der Waals surface area contributed by atoms with Crippen LogP contribution in [0, 0.1) is 0 Å². The summed E-state index contributed by atoms with van der Waals surface area (Å²) in [5.41, 5.74) is 7.70. The Morgan fingerprint density at radius 1 is 0.919 bits per heavy atom. The predicted octanol–water partition coefficient (Wildman–Crippen LogP) is 5.28. The first kappa shape index (κ1) is 24.1. The summed E-state index contributed by atoms with van der Waals surface area (Å²) in [5, 5.41) is 0. The topological polar surface area (TPSA) is 40.4 Å². The molecule has 6 heteroatoms. The molecule has 1 atom stereocenters. The van der Waals surface area contributed by atoms with Crippen molar-refractivity contribution >= 4 is 16.7 Å². The zero-order valence-electron chi connectivity index (χ0n) is 22.2. The number of hydrogen-bond donors (Lipinski definition) is 0. The Morgan fingerprint density at radius 2 is 1.76 bits per heavy atom. The van der Waals surface area contributed by atoms with E-state index in [1.165, 1.54) is 34.4 Å². The van der Waals surface area contributed by atoms with Gasteiger partial charge in [-0.1, -0.05) is 42.5 Å². The summed E-state index contributed by atoms with van der Waals surface area (Å²) in [6.07, 6.45) is 5.42. The highest BCUT2D eigenvalue weighted by molar-refractivity contribution is 5.89. The Kier molecular flexibility index (Phi) is 6.94. The standard InChI is InChI=1S/C31H38N6/c1-3-37-29(33-26-14-8-16-28(31(26)37)35-20-18-34(2)19-21-35)23-36(22-24-10-5-4-6-11-24)27-15-7-12-25-13-9-17-32-30(25)27/h4-6,8-11,13-14,16-17,27H,3,7,12,15,18-23H2,1-2H3. The van der Waals surface area contributed by atoms with Crippen molar-refractivity contribution in [3.05, 3.63) is 89.5 Å². The van der Waals surface area contributed by atoms with E-state index in [9.17, 15) is 0 Å². The molecule has 0 bridgehead atoms. The Bertz CT molecular complexity index is 1340. The Balaban J connectivity index is 1.39. The van der Waals surface area contributed by atoms with E-state index >= 15 is 0 Å². The highest BCUT2D eigenvalue weighted by Gasteiger charge is 2.29. The number of anilines is 1. The van der Waals surface area contributed by atoms with Crippen LogP contribution >= 0.6 is 0 Å². The lowest BCUT2D eigenvalue weighted by molar-refractivity contribution is 0.151. The van der Waals surface area contributed by atoms with Gasteiger partial charge in [-0.05, 0) is 62.6 Å². The van der Waals surface area contributed by atoms with Gasteiger partial charge in [-0.2, -0.15) is 0 Å². The molecule has 3 heterocycles. The summed E-state index contributed by atoms with van der Waals surface area (Å²) in [4.78, 5) is 17.7. The second-order valence-electron chi connectivity index (χ2n) is 10.6. The number of aromatic nitrogens is 3.